The van der Waals surface area contributed by atoms with Crippen molar-refractivity contribution in [1.82, 2.24) is 4.90 Å². The lowest BCUT2D eigenvalue weighted by Crippen LogP contribution is -2.57. The second kappa shape index (κ2) is 7.37. The molecule has 0 N–H and O–H groups in total. The molecule has 4 heteroatoms. The van der Waals surface area contributed by atoms with Crippen LogP contribution in [0.25, 0.3) is 0 Å². The second-order valence-electron chi connectivity index (χ2n) is 12.5. The van der Waals surface area contributed by atoms with Crippen LogP contribution in [0.2, 0.25) is 0 Å². The van der Waals surface area contributed by atoms with E-state index in [0.29, 0.717) is 47.3 Å². The smallest absolute Gasteiger partial charge is 0.409 e. The summed E-state index contributed by atoms with van der Waals surface area (Å²) >= 11 is 0. The van der Waals surface area contributed by atoms with Crippen molar-refractivity contribution in [3.63, 3.8) is 0 Å². The number of hydrogen-bond acceptors (Lipinski definition) is 3. The molecule has 10 atom stereocenters. The lowest BCUT2D eigenvalue weighted by Gasteiger charge is -2.61. The molecule has 0 aromatic heterocycles. The maximum atomic E-state index is 12.2. The highest BCUT2D eigenvalue weighted by Gasteiger charge is 2.77. The highest BCUT2D eigenvalue weighted by atomic mass is 16.6. The van der Waals surface area contributed by atoms with E-state index in [1.54, 1.807) is 4.90 Å². The molecule has 4 nitrogen and oxygen atoms in total. The molecule has 0 heterocycles. The van der Waals surface area contributed by atoms with Crippen molar-refractivity contribution in [2.24, 2.45) is 51.8 Å². The Hall–Kier alpha value is -0.770. The number of carbonyl (C=O) groups excluding carboxylic acids is 1. The topological polar surface area (TPSA) is 38.8 Å². The van der Waals surface area contributed by atoms with Gasteiger partial charge in [0, 0.05) is 26.1 Å². The number of fused-ring (bicyclic) bond motifs is 4. The van der Waals surface area contributed by atoms with E-state index in [1.807, 2.05) is 21.1 Å². The van der Waals surface area contributed by atoms with Crippen LogP contribution in [0.15, 0.2) is 0 Å². The largest absolute Gasteiger partial charge is 0.449 e. The number of methoxy groups -OCH3 is 1. The summed E-state index contributed by atoms with van der Waals surface area (Å²) in [5, 5.41) is 0. The molecule has 0 aromatic carbocycles. The molecule has 1 spiro atoms. The zero-order valence-corrected chi connectivity index (χ0v) is 20.8. The van der Waals surface area contributed by atoms with E-state index in [1.165, 1.54) is 51.4 Å². The van der Waals surface area contributed by atoms with E-state index in [2.05, 4.69) is 20.8 Å². The van der Waals surface area contributed by atoms with Gasteiger partial charge < -0.3 is 14.4 Å². The van der Waals surface area contributed by atoms with Gasteiger partial charge in [0.05, 0.1) is 12.7 Å². The van der Waals surface area contributed by atoms with Crippen LogP contribution in [0.3, 0.4) is 0 Å². The summed E-state index contributed by atoms with van der Waals surface area (Å²) in [4.78, 5) is 13.8. The standard InChI is InChI=1S/C27H45NO3/c1-7-28(5)24(29)31-16-17(2)20-8-9-21-19-14-23(30-6)27-15-18(27)10-13-26(27,4)22(19)11-12-25(20,21)3/h17-23H,7-16H2,1-6H3/t17-,18?,19+,20-,21+,22+,23?,25-,26-,27+/m1/s1. The molecule has 5 aliphatic carbocycles. The molecule has 176 valence electrons. The first-order valence-electron chi connectivity index (χ1n) is 13.1. The van der Waals surface area contributed by atoms with Crippen molar-refractivity contribution >= 4 is 6.09 Å². The van der Waals surface area contributed by atoms with Gasteiger partial charge in [0.2, 0.25) is 0 Å². The summed E-state index contributed by atoms with van der Waals surface area (Å²) in [6.07, 6.45) is 11.3. The van der Waals surface area contributed by atoms with Crippen LogP contribution >= 0.6 is 0 Å². The third-order valence-corrected chi connectivity index (χ3v) is 11.8. The maximum absolute atomic E-state index is 12.2. The predicted octanol–water partition coefficient (Wildman–Crippen LogP) is 5.99. The first kappa shape index (κ1) is 22.0. The molecule has 2 unspecified atom stereocenters. The number of amides is 1. The third kappa shape index (κ3) is 2.85. The third-order valence-electron chi connectivity index (χ3n) is 11.8. The Morgan fingerprint density at radius 1 is 1.13 bits per heavy atom. The molecule has 5 aliphatic rings. The fourth-order valence-corrected chi connectivity index (χ4v) is 10.1. The molecule has 1 amide bonds. The molecule has 0 aromatic rings. The van der Waals surface area contributed by atoms with Crippen LogP contribution in [-0.4, -0.2) is 44.4 Å². The fraction of sp³-hybridized carbons (Fsp3) is 0.963. The Morgan fingerprint density at radius 2 is 1.90 bits per heavy atom. The van der Waals surface area contributed by atoms with Crippen molar-refractivity contribution in [1.29, 1.82) is 0 Å². The van der Waals surface area contributed by atoms with Crippen molar-refractivity contribution in [2.45, 2.75) is 85.2 Å². The average molecular weight is 432 g/mol. The van der Waals surface area contributed by atoms with Crippen LogP contribution in [0.5, 0.6) is 0 Å². The minimum absolute atomic E-state index is 0.175. The molecular formula is C27H45NO3. The molecule has 5 fully saturated rings. The van der Waals surface area contributed by atoms with Gasteiger partial charge in [-0.05, 0) is 105 Å². The van der Waals surface area contributed by atoms with Gasteiger partial charge in [0.25, 0.3) is 0 Å². The van der Waals surface area contributed by atoms with E-state index in [-0.39, 0.29) is 6.09 Å². The van der Waals surface area contributed by atoms with Gasteiger partial charge in [-0.25, -0.2) is 4.79 Å². The monoisotopic (exact) mass is 431 g/mol. The van der Waals surface area contributed by atoms with E-state index in [4.69, 9.17) is 9.47 Å². The van der Waals surface area contributed by atoms with Crippen molar-refractivity contribution in [2.75, 3.05) is 27.3 Å². The second-order valence-corrected chi connectivity index (χ2v) is 12.5. The summed E-state index contributed by atoms with van der Waals surface area (Å²) < 4.78 is 11.9. The Bertz CT molecular complexity index is 725. The first-order chi connectivity index (χ1) is 14.7. The summed E-state index contributed by atoms with van der Waals surface area (Å²) in [6, 6.07) is 0. The predicted molar refractivity (Wildman–Crippen MR) is 123 cm³/mol. The summed E-state index contributed by atoms with van der Waals surface area (Å²) in [6.45, 7) is 10.8. The van der Waals surface area contributed by atoms with Crippen LogP contribution < -0.4 is 0 Å². The van der Waals surface area contributed by atoms with Crippen LogP contribution in [0, 0.1) is 51.8 Å². The van der Waals surface area contributed by atoms with Crippen LogP contribution in [0.4, 0.5) is 4.79 Å². The van der Waals surface area contributed by atoms with Crippen molar-refractivity contribution in [3.05, 3.63) is 0 Å². The molecule has 0 bridgehead atoms. The minimum Gasteiger partial charge on any atom is -0.449 e. The Balaban J connectivity index is 1.33. The van der Waals surface area contributed by atoms with Crippen molar-refractivity contribution < 1.29 is 14.3 Å². The number of rotatable bonds is 5. The quantitative estimate of drug-likeness (QED) is 0.536. The van der Waals surface area contributed by atoms with E-state index < -0.39 is 0 Å². The highest BCUT2D eigenvalue weighted by molar-refractivity contribution is 5.67. The molecule has 0 radical (unpaired) electrons. The van der Waals surface area contributed by atoms with Crippen LogP contribution in [0.1, 0.15) is 79.1 Å². The van der Waals surface area contributed by atoms with Gasteiger partial charge in [-0.3, -0.25) is 0 Å². The van der Waals surface area contributed by atoms with Gasteiger partial charge in [-0.1, -0.05) is 20.8 Å². The number of nitrogens with zero attached hydrogens (tertiary/aromatic N) is 1. The highest BCUT2D eigenvalue weighted by Crippen LogP contribution is 2.82. The molecule has 0 aliphatic heterocycles. The zero-order chi connectivity index (χ0) is 22.2. The van der Waals surface area contributed by atoms with Gasteiger partial charge in [0.1, 0.15) is 0 Å². The minimum atomic E-state index is -0.175. The van der Waals surface area contributed by atoms with Gasteiger partial charge in [-0.15, -0.1) is 0 Å². The zero-order valence-electron chi connectivity index (χ0n) is 20.8. The molecular weight excluding hydrogens is 386 g/mol. The molecule has 31 heavy (non-hydrogen) atoms. The van der Waals surface area contributed by atoms with Gasteiger partial charge in [0.15, 0.2) is 0 Å². The number of ether oxygens (including phenoxy) is 2. The average Bonchev–Trinajstić information content (AvgIpc) is 3.27. The van der Waals surface area contributed by atoms with E-state index in [0.717, 1.165) is 23.7 Å². The maximum Gasteiger partial charge on any atom is 0.409 e. The van der Waals surface area contributed by atoms with Gasteiger partial charge >= 0.3 is 6.09 Å². The Morgan fingerprint density at radius 3 is 2.58 bits per heavy atom. The lowest BCUT2D eigenvalue weighted by atomic mass is 9.45. The lowest BCUT2D eigenvalue weighted by molar-refractivity contribution is -0.161. The van der Waals surface area contributed by atoms with Gasteiger partial charge in [-0.2, -0.15) is 0 Å². The summed E-state index contributed by atoms with van der Waals surface area (Å²) in [7, 11) is 3.80. The Labute approximate surface area is 189 Å². The fourth-order valence-electron chi connectivity index (χ4n) is 10.1. The van der Waals surface area contributed by atoms with E-state index >= 15 is 0 Å². The summed E-state index contributed by atoms with van der Waals surface area (Å²) in [5.74, 6) is 4.59. The molecule has 5 saturated carbocycles. The molecule has 5 rings (SSSR count). The number of hydrogen-bond donors (Lipinski definition) is 0. The Kier molecular flexibility index (Phi) is 5.24. The van der Waals surface area contributed by atoms with Crippen molar-refractivity contribution in [3.8, 4) is 0 Å². The van der Waals surface area contributed by atoms with Crippen LogP contribution in [-0.2, 0) is 9.47 Å². The number of carbonyl (C=O) groups is 1. The SMILES string of the molecule is CCN(C)C(=O)OC[C@@H](C)[C@H]1CC[C@H]2[C@@H]3CC(OC)[C@]45CC4CC[C@]5(C)[C@H]3CC[C@]12C. The normalized spacial score (nSPS) is 50.6. The first-order valence-corrected chi connectivity index (χ1v) is 13.1. The summed E-state index contributed by atoms with van der Waals surface area (Å²) in [5.41, 5.74) is 1.42. The van der Waals surface area contributed by atoms with E-state index in [9.17, 15) is 4.79 Å². The molecule has 0 saturated heterocycles.